The van der Waals surface area contributed by atoms with E-state index in [2.05, 4.69) is 28.4 Å². The molecule has 0 saturated heterocycles. The molecule has 1 aromatic carbocycles. The minimum atomic E-state index is 0.290. The zero-order valence-corrected chi connectivity index (χ0v) is 9.87. The predicted octanol–water partition coefficient (Wildman–Crippen LogP) is 1.10. The molecule has 1 aliphatic heterocycles. The van der Waals surface area contributed by atoms with Gasteiger partial charge in [-0.1, -0.05) is 18.2 Å². The summed E-state index contributed by atoms with van der Waals surface area (Å²) < 4.78 is 0. The Kier molecular flexibility index (Phi) is 3.93. The third-order valence-electron chi connectivity index (χ3n) is 3.07. The van der Waals surface area contributed by atoms with E-state index in [4.69, 9.17) is 5.11 Å². The van der Waals surface area contributed by atoms with Crippen molar-refractivity contribution < 1.29 is 5.11 Å². The lowest BCUT2D eigenvalue weighted by Crippen LogP contribution is -2.18. The Hall–Kier alpha value is -0.900. The molecule has 2 N–H and O–H groups in total. The quantitative estimate of drug-likeness (QED) is 0.780. The number of fused-ring (bicyclic) bond motifs is 1. The van der Waals surface area contributed by atoms with Gasteiger partial charge in [0, 0.05) is 32.8 Å². The zero-order chi connectivity index (χ0) is 11.4. The summed E-state index contributed by atoms with van der Waals surface area (Å²) in [4.78, 5) is 2.39. The maximum Gasteiger partial charge on any atom is 0.0443 e. The Morgan fingerprint density at radius 3 is 2.88 bits per heavy atom. The van der Waals surface area contributed by atoms with Crippen LogP contribution in [-0.2, 0) is 19.6 Å². The number of aliphatic hydroxyl groups excluding tert-OH is 1. The van der Waals surface area contributed by atoms with Gasteiger partial charge in [-0.15, -0.1) is 0 Å². The average Bonchev–Trinajstić information content (AvgIpc) is 2.68. The second kappa shape index (κ2) is 5.43. The molecule has 3 nitrogen and oxygen atoms in total. The zero-order valence-electron chi connectivity index (χ0n) is 9.87. The van der Waals surface area contributed by atoms with E-state index in [0.29, 0.717) is 0 Å². The number of aliphatic hydroxyl groups is 1. The number of nitrogens with zero attached hydrogens (tertiary/aromatic N) is 1. The third kappa shape index (κ3) is 2.61. The van der Waals surface area contributed by atoms with Crippen molar-refractivity contribution >= 4 is 0 Å². The molecule has 0 spiro atoms. The molecule has 0 bridgehead atoms. The van der Waals surface area contributed by atoms with Crippen LogP contribution < -0.4 is 5.32 Å². The van der Waals surface area contributed by atoms with Crippen molar-refractivity contribution in [2.75, 3.05) is 20.2 Å². The summed E-state index contributed by atoms with van der Waals surface area (Å²) >= 11 is 0. The van der Waals surface area contributed by atoms with Crippen LogP contribution in [0.1, 0.15) is 23.1 Å². The summed E-state index contributed by atoms with van der Waals surface area (Å²) in [5.41, 5.74) is 4.24. The standard InChI is InChI=1S/C13H20N2O/c1-14-8-11-3-4-12-9-15(5-2-6-16)10-13(12)7-11/h3-4,7,14,16H,2,5-6,8-10H2,1H3. The molecule has 88 valence electrons. The van der Waals surface area contributed by atoms with Crippen molar-refractivity contribution in [1.82, 2.24) is 10.2 Å². The third-order valence-corrected chi connectivity index (χ3v) is 3.07. The van der Waals surface area contributed by atoms with E-state index in [9.17, 15) is 0 Å². The molecule has 0 saturated carbocycles. The number of hydrogen-bond donors (Lipinski definition) is 2. The first-order chi connectivity index (χ1) is 7.83. The van der Waals surface area contributed by atoms with E-state index in [1.807, 2.05) is 7.05 Å². The van der Waals surface area contributed by atoms with E-state index in [1.54, 1.807) is 0 Å². The van der Waals surface area contributed by atoms with Gasteiger partial charge in [-0.3, -0.25) is 4.90 Å². The van der Waals surface area contributed by atoms with Crippen LogP contribution in [0.15, 0.2) is 18.2 Å². The van der Waals surface area contributed by atoms with Gasteiger partial charge in [0.15, 0.2) is 0 Å². The highest BCUT2D eigenvalue weighted by Crippen LogP contribution is 2.23. The van der Waals surface area contributed by atoms with Crippen LogP contribution in [0.25, 0.3) is 0 Å². The van der Waals surface area contributed by atoms with Gasteiger partial charge in [-0.25, -0.2) is 0 Å². The maximum atomic E-state index is 8.82. The van der Waals surface area contributed by atoms with E-state index >= 15 is 0 Å². The van der Waals surface area contributed by atoms with E-state index in [1.165, 1.54) is 16.7 Å². The van der Waals surface area contributed by atoms with Crippen molar-refractivity contribution in [1.29, 1.82) is 0 Å². The fraction of sp³-hybridized carbons (Fsp3) is 0.538. The van der Waals surface area contributed by atoms with Crippen LogP contribution in [-0.4, -0.2) is 30.2 Å². The molecule has 0 radical (unpaired) electrons. The Balaban J connectivity index is 2.00. The second-order valence-electron chi connectivity index (χ2n) is 4.42. The van der Waals surface area contributed by atoms with Gasteiger partial charge in [0.2, 0.25) is 0 Å². The van der Waals surface area contributed by atoms with Gasteiger partial charge in [0.05, 0.1) is 0 Å². The Morgan fingerprint density at radius 2 is 2.12 bits per heavy atom. The van der Waals surface area contributed by atoms with E-state index in [0.717, 1.165) is 32.6 Å². The molecule has 0 aliphatic carbocycles. The molecule has 1 heterocycles. The lowest BCUT2D eigenvalue weighted by Gasteiger charge is -2.12. The highest BCUT2D eigenvalue weighted by atomic mass is 16.3. The normalized spacial score (nSPS) is 15.4. The topological polar surface area (TPSA) is 35.5 Å². The molecule has 2 rings (SSSR count). The number of benzene rings is 1. The molecular weight excluding hydrogens is 200 g/mol. The van der Waals surface area contributed by atoms with Gasteiger partial charge >= 0.3 is 0 Å². The number of nitrogens with one attached hydrogen (secondary N) is 1. The lowest BCUT2D eigenvalue weighted by molar-refractivity contribution is 0.226. The van der Waals surface area contributed by atoms with Crippen LogP contribution in [0.3, 0.4) is 0 Å². The fourth-order valence-electron chi connectivity index (χ4n) is 2.28. The van der Waals surface area contributed by atoms with Crippen LogP contribution in [0.4, 0.5) is 0 Å². The summed E-state index contributed by atoms with van der Waals surface area (Å²) in [5.74, 6) is 0. The minimum absolute atomic E-state index is 0.290. The highest BCUT2D eigenvalue weighted by Gasteiger charge is 2.18. The molecule has 0 unspecified atom stereocenters. The monoisotopic (exact) mass is 220 g/mol. The van der Waals surface area contributed by atoms with Crippen LogP contribution >= 0.6 is 0 Å². The molecule has 0 aromatic heterocycles. The maximum absolute atomic E-state index is 8.82. The minimum Gasteiger partial charge on any atom is -0.396 e. The van der Waals surface area contributed by atoms with Crippen LogP contribution in [0.2, 0.25) is 0 Å². The molecule has 3 heteroatoms. The van der Waals surface area contributed by atoms with Crippen molar-refractivity contribution in [3.8, 4) is 0 Å². The number of hydrogen-bond acceptors (Lipinski definition) is 3. The summed E-state index contributed by atoms with van der Waals surface area (Å²) in [6.45, 7) is 4.29. The molecule has 0 amide bonds. The Bertz CT molecular complexity index is 352. The van der Waals surface area contributed by atoms with Crippen LogP contribution in [0, 0.1) is 0 Å². The Morgan fingerprint density at radius 1 is 1.31 bits per heavy atom. The van der Waals surface area contributed by atoms with Crippen LogP contribution in [0.5, 0.6) is 0 Å². The average molecular weight is 220 g/mol. The van der Waals surface area contributed by atoms with Gasteiger partial charge in [-0.2, -0.15) is 0 Å². The fourth-order valence-corrected chi connectivity index (χ4v) is 2.28. The number of rotatable bonds is 5. The van der Waals surface area contributed by atoms with E-state index < -0.39 is 0 Å². The summed E-state index contributed by atoms with van der Waals surface area (Å²) in [6, 6.07) is 6.73. The van der Waals surface area contributed by atoms with Gasteiger partial charge in [-0.05, 0) is 30.2 Å². The SMILES string of the molecule is CNCc1ccc2c(c1)CN(CCCO)C2. The summed E-state index contributed by atoms with van der Waals surface area (Å²) in [6.07, 6.45) is 0.872. The van der Waals surface area contributed by atoms with Gasteiger partial charge < -0.3 is 10.4 Å². The first kappa shape index (κ1) is 11.6. The van der Waals surface area contributed by atoms with Crippen molar-refractivity contribution in [3.63, 3.8) is 0 Å². The lowest BCUT2D eigenvalue weighted by atomic mass is 10.1. The highest BCUT2D eigenvalue weighted by molar-refractivity contribution is 5.34. The molecular formula is C13H20N2O. The largest absolute Gasteiger partial charge is 0.396 e. The van der Waals surface area contributed by atoms with Gasteiger partial charge in [0.25, 0.3) is 0 Å². The molecule has 1 aliphatic rings. The second-order valence-corrected chi connectivity index (χ2v) is 4.42. The predicted molar refractivity (Wildman–Crippen MR) is 65.0 cm³/mol. The first-order valence-corrected chi connectivity index (χ1v) is 5.92. The molecule has 16 heavy (non-hydrogen) atoms. The van der Waals surface area contributed by atoms with E-state index in [-0.39, 0.29) is 6.61 Å². The summed E-state index contributed by atoms with van der Waals surface area (Å²) in [7, 11) is 1.97. The van der Waals surface area contributed by atoms with Crippen molar-refractivity contribution in [3.05, 3.63) is 34.9 Å². The Labute approximate surface area is 97.1 Å². The molecule has 1 aromatic rings. The molecule has 0 atom stereocenters. The van der Waals surface area contributed by atoms with Crippen molar-refractivity contribution in [2.24, 2.45) is 0 Å². The molecule has 0 fully saturated rings. The summed E-state index contributed by atoms with van der Waals surface area (Å²) in [5, 5.41) is 12.0. The smallest absolute Gasteiger partial charge is 0.0443 e. The first-order valence-electron chi connectivity index (χ1n) is 5.92. The van der Waals surface area contributed by atoms with Gasteiger partial charge in [0.1, 0.15) is 0 Å². The van der Waals surface area contributed by atoms with Crippen molar-refractivity contribution in [2.45, 2.75) is 26.1 Å².